The second kappa shape index (κ2) is 17.8. The standard InChI is InChI=1S/C31H32GeNO.C21H20NSSi.Ir/c1-5-32(6-2,7-3)25-17-19-29(33-21-25)28-15-11-14-27-26-18-16-24(20-30(26)34-31(27)28)22(4)23-12-9-8-10-13-23;1-14-9-11-16(18-12-10-15(13-22-18)24(2,3)4)21-20(14)17-7-5-6-8-19(17)23-21;/h8-14,16-22H,5-7H2,1-4H3;5-10,12-13H,1-4H3;/q2*-1;/i22D;1D3;. The Morgan fingerprint density at radius 1 is 0.763 bits per heavy atom. The molecule has 301 valence electrons. The van der Waals surface area contributed by atoms with Gasteiger partial charge in [-0.15, -0.1) is 23.3 Å². The molecule has 0 N–H and O–H groups in total. The summed E-state index contributed by atoms with van der Waals surface area (Å²) in [5, 5.41) is 9.08. The number of fused-ring (bicyclic) bond motifs is 6. The van der Waals surface area contributed by atoms with Gasteiger partial charge in [0.05, 0.1) is 8.07 Å². The number of furan rings is 1. The van der Waals surface area contributed by atoms with Crippen LogP contribution in [0.25, 0.3) is 64.6 Å². The Kier molecular flexibility index (Phi) is 11.4. The van der Waals surface area contributed by atoms with Gasteiger partial charge in [-0.25, -0.2) is 0 Å². The van der Waals surface area contributed by atoms with Crippen molar-refractivity contribution in [2.75, 3.05) is 0 Å². The zero-order valence-corrected chi connectivity index (χ0v) is 41.1. The van der Waals surface area contributed by atoms with E-state index in [4.69, 9.17) is 19.9 Å². The summed E-state index contributed by atoms with van der Waals surface area (Å²) in [4.78, 5) is 9.60. The minimum atomic E-state index is -2.17. The van der Waals surface area contributed by atoms with Crippen LogP contribution in [-0.4, -0.2) is 31.3 Å². The number of aryl methyl sites for hydroxylation is 1. The van der Waals surface area contributed by atoms with Gasteiger partial charge in [-0.1, -0.05) is 92.5 Å². The zero-order chi connectivity index (χ0) is 44.0. The van der Waals surface area contributed by atoms with Crippen molar-refractivity contribution >= 4 is 84.4 Å². The molecule has 0 aliphatic heterocycles. The summed E-state index contributed by atoms with van der Waals surface area (Å²) < 4.78 is 42.8. The quantitative estimate of drug-likeness (QED) is 0.107. The molecule has 3 nitrogen and oxygen atoms in total. The molecule has 1 unspecified atom stereocenters. The normalized spacial score (nSPS) is 14.2. The SMILES string of the molecule is [2H]C(C)(c1ccccc1)c1ccc2c(c1)oc1c(-c3cc[c]([Ge]([CH2]C)([CH2]C)[CH2]C)cn3)[c-]ccc12.[2H]C([2H])([2H])c1c[c-]c(-c2ccc([Si](C)(C)C)cn2)c2sc3ccccc3c12.[Ir]. The van der Waals surface area contributed by atoms with Gasteiger partial charge in [-0.2, -0.15) is 11.3 Å². The Labute approximate surface area is 376 Å². The molecule has 0 fully saturated rings. The molecule has 9 aromatic rings. The molecular formula is C52H52GeIrN2OSSi-2. The van der Waals surface area contributed by atoms with E-state index < -0.39 is 34.1 Å². The van der Waals surface area contributed by atoms with Crippen molar-refractivity contribution in [3.8, 4) is 22.5 Å². The molecule has 0 aliphatic carbocycles. The van der Waals surface area contributed by atoms with Gasteiger partial charge in [0.25, 0.3) is 0 Å². The van der Waals surface area contributed by atoms with Gasteiger partial charge in [0.15, 0.2) is 0 Å². The molecule has 0 saturated heterocycles. The van der Waals surface area contributed by atoms with Crippen molar-refractivity contribution < 1.29 is 30.0 Å². The van der Waals surface area contributed by atoms with Crippen molar-refractivity contribution in [3.63, 3.8) is 0 Å². The molecule has 4 aromatic heterocycles. The number of thiophene rings is 1. The van der Waals surface area contributed by atoms with E-state index in [9.17, 15) is 0 Å². The molecule has 0 amide bonds. The number of benzene rings is 5. The van der Waals surface area contributed by atoms with E-state index in [0.717, 1.165) is 75.8 Å². The third-order valence-corrected chi connectivity index (χ3v) is 27.0. The first-order valence-corrected chi connectivity index (χ1v) is 30.1. The molecule has 5 aromatic carbocycles. The van der Waals surface area contributed by atoms with E-state index in [1.165, 1.54) is 25.3 Å². The average Bonchev–Trinajstić information content (AvgIpc) is 3.86. The van der Waals surface area contributed by atoms with Crippen LogP contribution < -0.4 is 9.58 Å². The molecular weight excluding hydrogens is 994 g/mol. The molecule has 0 spiro atoms. The molecule has 0 aliphatic rings. The fourth-order valence-electron chi connectivity index (χ4n) is 8.18. The van der Waals surface area contributed by atoms with Crippen LogP contribution in [0.2, 0.25) is 35.4 Å². The molecule has 1 radical (unpaired) electrons. The van der Waals surface area contributed by atoms with Crippen molar-refractivity contribution in [1.29, 1.82) is 0 Å². The Hall–Kier alpha value is -4.17. The number of hydrogen-bond acceptors (Lipinski definition) is 4. The Morgan fingerprint density at radius 2 is 1.47 bits per heavy atom. The van der Waals surface area contributed by atoms with E-state index >= 15 is 0 Å². The van der Waals surface area contributed by atoms with Crippen LogP contribution in [-0.2, 0) is 20.1 Å². The Bertz CT molecular complexity index is 3020. The van der Waals surface area contributed by atoms with E-state index in [0.29, 0.717) is 5.56 Å². The van der Waals surface area contributed by atoms with Gasteiger partial charge < -0.3 is 4.98 Å². The van der Waals surface area contributed by atoms with Crippen LogP contribution in [0.3, 0.4) is 0 Å². The molecule has 0 saturated carbocycles. The molecule has 1 atom stereocenters. The largest absolute Gasteiger partial charge is 0.305 e. The summed E-state index contributed by atoms with van der Waals surface area (Å²) in [6.45, 7) is 13.7. The van der Waals surface area contributed by atoms with Crippen molar-refractivity contribution in [2.45, 2.75) is 75.8 Å². The van der Waals surface area contributed by atoms with Crippen LogP contribution in [0.5, 0.6) is 0 Å². The predicted octanol–water partition coefficient (Wildman–Crippen LogP) is 14.1. The van der Waals surface area contributed by atoms with Crippen LogP contribution >= 0.6 is 11.3 Å². The molecule has 0 bridgehead atoms. The second-order valence-corrected chi connectivity index (χ2v) is 33.4. The van der Waals surface area contributed by atoms with Crippen LogP contribution in [0.4, 0.5) is 0 Å². The number of aromatic nitrogens is 2. The first-order chi connectivity index (χ1) is 29.6. The average molecular weight is 1050 g/mol. The first-order valence-electron chi connectivity index (χ1n) is 22.3. The monoisotopic (exact) mass is 1050 g/mol. The Morgan fingerprint density at radius 3 is 2.15 bits per heavy atom. The smallest absolute Gasteiger partial charge is 0.0795 e. The van der Waals surface area contributed by atoms with Crippen molar-refractivity contribution in [1.82, 2.24) is 9.97 Å². The molecule has 59 heavy (non-hydrogen) atoms. The maximum absolute atomic E-state index is 9.06. The van der Waals surface area contributed by atoms with Crippen LogP contribution in [0.1, 0.15) is 55.8 Å². The minimum Gasteiger partial charge on any atom is -0.305 e. The van der Waals surface area contributed by atoms with Gasteiger partial charge in [0, 0.05) is 35.1 Å². The van der Waals surface area contributed by atoms with Crippen molar-refractivity contribution in [2.24, 2.45) is 0 Å². The Balaban J connectivity index is 0.000000192. The topological polar surface area (TPSA) is 38.9 Å². The summed E-state index contributed by atoms with van der Waals surface area (Å²) in [6, 6.07) is 45.0. The van der Waals surface area contributed by atoms with Gasteiger partial charge in [0.1, 0.15) is 0 Å². The van der Waals surface area contributed by atoms with E-state index in [2.05, 4.69) is 89.1 Å². The maximum Gasteiger partial charge on any atom is 0.0795 e. The number of pyridine rings is 2. The third-order valence-electron chi connectivity index (χ3n) is 12.1. The summed E-state index contributed by atoms with van der Waals surface area (Å²) >= 11 is -0.428. The fraction of sp³-hybridized carbons (Fsp3) is 0.231. The summed E-state index contributed by atoms with van der Waals surface area (Å²) in [5.74, 6) is -0.865. The van der Waals surface area contributed by atoms with Crippen LogP contribution in [0, 0.1) is 19.0 Å². The maximum atomic E-state index is 9.06. The molecule has 9 rings (SSSR count). The van der Waals surface area contributed by atoms with E-state index in [1.807, 2.05) is 92.0 Å². The van der Waals surface area contributed by atoms with E-state index in [1.54, 1.807) is 17.4 Å². The minimum absolute atomic E-state index is 0. The third kappa shape index (κ3) is 8.32. The second-order valence-electron chi connectivity index (χ2n) is 16.2. The summed E-state index contributed by atoms with van der Waals surface area (Å²) in [5.41, 5.74) is 7.33. The van der Waals surface area contributed by atoms with E-state index in [-0.39, 0.29) is 20.1 Å². The molecule has 7 heteroatoms. The number of rotatable bonds is 9. The van der Waals surface area contributed by atoms with Gasteiger partial charge >= 0.3 is 177 Å². The molecule has 4 heterocycles. The van der Waals surface area contributed by atoms with Gasteiger partial charge in [0.2, 0.25) is 0 Å². The number of hydrogen-bond donors (Lipinski definition) is 0. The predicted molar refractivity (Wildman–Crippen MR) is 256 cm³/mol. The van der Waals surface area contributed by atoms with Crippen LogP contribution in [0.15, 0.2) is 132 Å². The summed E-state index contributed by atoms with van der Waals surface area (Å²) in [7, 11) is -1.42. The zero-order valence-electron chi connectivity index (χ0n) is 38.8. The fourth-order valence-corrected chi connectivity index (χ4v) is 17.8. The van der Waals surface area contributed by atoms with Gasteiger partial charge in [-0.05, 0) is 27.0 Å². The first kappa shape index (κ1) is 37.8. The number of nitrogens with zero attached hydrogens (tertiary/aromatic N) is 2. The van der Waals surface area contributed by atoms with Gasteiger partial charge in [-0.3, -0.25) is 0 Å². The van der Waals surface area contributed by atoms with Crippen molar-refractivity contribution in [3.05, 3.63) is 156 Å². The summed E-state index contributed by atoms with van der Waals surface area (Å²) in [6.07, 6.45) is 4.08.